The zero-order valence-electron chi connectivity index (χ0n) is 19.6. The molecular formula is C26H32N2O5. The minimum absolute atomic E-state index is 0.0169. The maximum absolute atomic E-state index is 12.5. The summed E-state index contributed by atoms with van der Waals surface area (Å²) in [4.78, 5) is 37.6. The number of fused-ring (bicyclic) bond motifs is 3. The van der Waals surface area contributed by atoms with E-state index in [-0.39, 0.29) is 30.9 Å². The van der Waals surface area contributed by atoms with Crippen LogP contribution in [0.4, 0.5) is 4.79 Å². The van der Waals surface area contributed by atoms with E-state index in [1.54, 1.807) is 0 Å². The van der Waals surface area contributed by atoms with Crippen molar-refractivity contribution < 1.29 is 24.2 Å². The number of hydrogen-bond acceptors (Lipinski definition) is 4. The summed E-state index contributed by atoms with van der Waals surface area (Å²) in [7, 11) is 1.48. The first-order chi connectivity index (χ1) is 15.7. The Morgan fingerprint density at radius 1 is 1.06 bits per heavy atom. The fraction of sp³-hybridized carbons (Fsp3) is 0.423. The normalized spacial score (nSPS) is 13.6. The number of rotatable bonds is 9. The van der Waals surface area contributed by atoms with Crippen molar-refractivity contribution in [1.82, 2.24) is 10.2 Å². The molecule has 176 valence electrons. The number of nitrogens with one attached hydrogen (secondary N) is 1. The summed E-state index contributed by atoms with van der Waals surface area (Å²) in [6, 6.07) is 16.1. The van der Waals surface area contributed by atoms with Crippen LogP contribution in [0.1, 0.15) is 57.1 Å². The fourth-order valence-electron chi connectivity index (χ4n) is 4.11. The molecule has 3 rings (SSSR count). The van der Waals surface area contributed by atoms with Gasteiger partial charge in [0.2, 0.25) is 5.91 Å². The molecule has 0 aromatic heterocycles. The summed E-state index contributed by atoms with van der Waals surface area (Å²) in [6.07, 6.45) is 0.647. The molecule has 2 aromatic carbocycles. The van der Waals surface area contributed by atoms with Crippen LogP contribution < -0.4 is 5.32 Å². The van der Waals surface area contributed by atoms with Crippen LogP contribution >= 0.6 is 0 Å². The number of aliphatic carboxylic acids is 1. The van der Waals surface area contributed by atoms with E-state index < -0.39 is 17.6 Å². The predicted octanol–water partition coefficient (Wildman–Crippen LogP) is 4.41. The summed E-state index contributed by atoms with van der Waals surface area (Å²) in [5.74, 6) is -1.37. The highest BCUT2D eigenvalue weighted by Crippen LogP contribution is 2.44. The Morgan fingerprint density at radius 3 is 2.12 bits per heavy atom. The van der Waals surface area contributed by atoms with E-state index in [0.717, 1.165) is 11.1 Å². The maximum atomic E-state index is 12.5. The van der Waals surface area contributed by atoms with Crippen molar-refractivity contribution >= 4 is 18.0 Å². The van der Waals surface area contributed by atoms with Crippen molar-refractivity contribution in [3.63, 3.8) is 0 Å². The predicted molar refractivity (Wildman–Crippen MR) is 126 cm³/mol. The third-order valence-corrected chi connectivity index (χ3v) is 6.60. The largest absolute Gasteiger partial charge is 0.480 e. The van der Waals surface area contributed by atoms with E-state index in [2.05, 4.69) is 29.6 Å². The highest BCUT2D eigenvalue weighted by Gasteiger charge is 2.35. The number of ether oxygens (including phenoxy) is 1. The Balaban J connectivity index is 1.55. The number of hydrogen-bond donors (Lipinski definition) is 2. The molecule has 2 amide bonds. The fourth-order valence-corrected chi connectivity index (χ4v) is 4.11. The summed E-state index contributed by atoms with van der Waals surface area (Å²) in [5.41, 5.74) is 3.33. The molecule has 33 heavy (non-hydrogen) atoms. The molecule has 0 heterocycles. The van der Waals surface area contributed by atoms with Gasteiger partial charge in [-0.15, -0.1) is 0 Å². The number of benzene rings is 2. The van der Waals surface area contributed by atoms with Gasteiger partial charge < -0.3 is 20.1 Å². The second-order valence-electron chi connectivity index (χ2n) is 8.93. The van der Waals surface area contributed by atoms with Crippen molar-refractivity contribution in [3.8, 4) is 11.1 Å². The van der Waals surface area contributed by atoms with Gasteiger partial charge in [-0.2, -0.15) is 0 Å². The molecule has 0 radical (unpaired) electrons. The van der Waals surface area contributed by atoms with Gasteiger partial charge in [-0.1, -0.05) is 55.5 Å². The van der Waals surface area contributed by atoms with Gasteiger partial charge in [0.1, 0.15) is 12.1 Å². The third-order valence-electron chi connectivity index (χ3n) is 6.60. The van der Waals surface area contributed by atoms with E-state index >= 15 is 0 Å². The lowest BCUT2D eigenvalue weighted by atomic mass is 9.98. The number of amides is 2. The average molecular weight is 453 g/mol. The lowest BCUT2D eigenvalue weighted by molar-refractivity contribution is -0.155. The standard InChI is InChI=1S/C26H32N2O5/c1-5-17(14-15-23(29)28(4)26(2,3)24(30)31)27-25(32)33-16-22-20-12-8-6-10-18(20)19-11-7-9-13-21(19)22/h6-13,17,22H,5,14-16H2,1-4H3,(H,27,32)(H,30,31). The number of alkyl carbamates (subject to hydrolysis) is 1. The lowest BCUT2D eigenvalue weighted by Crippen LogP contribution is -2.51. The molecule has 0 aliphatic heterocycles. The zero-order chi connectivity index (χ0) is 24.2. The Bertz CT molecular complexity index is 987. The smallest absolute Gasteiger partial charge is 0.407 e. The number of carboxylic acids is 1. The Labute approximate surface area is 194 Å². The molecule has 2 N–H and O–H groups in total. The third kappa shape index (κ3) is 5.18. The van der Waals surface area contributed by atoms with Crippen LogP contribution in [0.3, 0.4) is 0 Å². The van der Waals surface area contributed by atoms with Crippen LogP contribution in [-0.4, -0.2) is 53.2 Å². The second-order valence-corrected chi connectivity index (χ2v) is 8.93. The average Bonchev–Trinajstić information content (AvgIpc) is 3.13. The lowest BCUT2D eigenvalue weighted by Gasteiger charge is -2.32. The second kappa shape index (κ2) is 10.1. The Hall–Kier alpha value is -3.35. The minimum Gasteiger partial charge on any atom is -0.480 e. The molecule has 0 saturated heterocycles. The van der Waals surface area contributed by atoms with Gasteiger partial charge >= 0.3 is 12.1 Å². The van der Waals surface area contributed by atoms with Crippen molar-refractivity contribution in [2.45, 2.75) is 57.5 Å². The molecular weight excluding hydrogens is 420 g/mol. The van der Waals surface area contributed by atoms with Crippen LogP contribution in [-0.2, 0) is 14.3 Å². The number of carbonyl (C=O) groups excluding carboxylic acids is 2. The van der Waals surface area contributed by atoms with Gasteiger partial charge in [0, 0.05) is 25.4 Å². The Morgan fingerprint density at radius 2 is 1.61 bits per heavy atom. The van der Waals surface area contributed by atoms with E-state index in [4.69, 9.17) is 4.74 Å². The van der Waals surface area contributed by atoms with Gasteiger partial charge in [-0.25, -0.2) is 9.59 Å². The minimum atomic E-state index is -1.29. The Kier molecular flexibility index (Phi) is 7.41. The topological polar surface area (TPSA) is 95.9 Å². The molecule has 1 aliphatic carbocycles. The maximum Gasteiger partial charge on any atom is 0.407 e. The first kappa shape index (κ1) is 24.3. The van der Waals surface area contributed by atoms with Gasteiger partial charge in [-0.3, -0.25) is 4.79 Å². The van der Waals surface area contributed by atoms with Gasteiger partial charge in [0.05, 0.1) is 0 Å². The van der Waals surface area contributed by atoms with E-state index in [0.29, 0.717) is 12.8 Å². The highest BCUT2D eigenvalue weighted by molar-refractivity contribution is 5.86. The van der Waals surface area contributed by atoms with Gasteiger partial charge in [-0.05, 0) is 48.9 Å². The van der Waals surface area contributed by atoms with E-state index in [1.165, 1.54) is 36.9 Å². The molecule has 1 atom stereocenters. The molecule has 0 bridgehead atoms. The molecule has 7 heteroatoms. The van der Waals surface area contributed by atoms with Crippen LogP contribution in [0.2, 0.25) is 0 Å². The summed E-state index contributed by atoms with van der Waals surface area (Å²) < 4.78 is 5.59. The first-order valence-corrected chi connectivity index (χ1v) is 11.3. The molecule has 0 fully saturated rings. The quantitative estimate of drug-likeness (QED) is 0.588. The summed E-state index contributed by atoms with van der Waals surface area (Å²) in [5, 5.41) is 12.2. The van der Waals surface area contributed by atoms with Crippen molar-refractivity contribution in [2.24, 2.45) is 0 Å². The van der Waals surface area contributed by atoms with Crippen LogP contribution in [0.5, 0.6) is 0 Å². The molecule has 0 saturated carbocycles. The monoisotopic (exact) mass is 452 g/mol. The zero-order valence-corrected chi connectivity index (χ0v) is 19.6. The first-order valence-electron chi connectivity index (χ1n) is 11.3. The molecule has 7 nitrogen and oxygen atoms in total. The van der Waals surface area contributed by atoms with Crippen LogP contribution in [0.15, 0.2) is 48.5 Å². The summed E-state index contributed by atoms with van der Waals surface area (Å²) >= 11 is 0. The van der Waals surface area contributed by atoms with Crippen molar-refractivity contribution in [1.29, 1.82) is 0 Å². The number of carboxylic acid groups (broad SMARTS) is 1. The molecule has 2 aromatic rings. The van der Waals surface area contributed by atoms with Crippen LogP contribution in [0, 0.1) is 0 Å². The van der Waals surface area contributed by atoms with Gasteiger partial charge in [0.25, 0.3) is 0 Å². The molecule has 1 aliphatic rings. The van der Waals surface area contributed by atoms with E-state index in [1.807, 2.05) is 31.2 Å². The molecule has 0 spiro atoms. The number of likely N-dealkylation sites (N-methyl/N-ethyl adjacent to an activating group) is 1. The highest BCUT2D eigenvalue weighted by atomic mass is 16.5. The van der Waals surface area contributed by atoms with Gasteiger partial charge in [0.15, 0.2) is 0 Å². The van der Waals surface area contributed by atoms with Crippen LogP contribution in [0.25, 0.3) is 11.1 Å². The number of carbonyl (C=O) groups is 3. The molecule has 1 unspecified atom stereocenters. The van der Waals surface area contributed by atoms with Crippen molar-refractivity contribution in [3.05, 3.63) is 59.7 Å². The van der Waals surface area contributed by atoms with E-state index in [9.17, 15) is 19.5 Å². The number of nitrogens with zero attached hydrogens (tertiary/aromatic N) is 1. The van der Waals surface area contributed by atoms with Crippen molar-refractivity contribution in [2.75, 3.05) is 13.7 Å². The summed E-state index contributed by atoms with van der Waals surface area (Å²) in [6.45, 7) is 5.12. The SMILES string of the molecule is CCC(CCC(=O)N(C)C(C)(C)C(=O)O)NC(=O)OCC1c2ccccc2-c2ccccc21.